The maximum Gasteiger partial charge on any atom is 0.252 e. The predicted molar refractivity (Wildman–Crippen MR) is 86.6 cm³/mol. The molecule has 106 valence electrons. The summed E-state index contributed by atoms with van der Waals surface area (Å²) < 4.78 is 0. The first kappa shape index (κ1) is 13.0. The zero-order valence-electron chi connectivity index (χ0n) is 11.4. The third-order valence-electron chi connectivity index (χ3n) is 3.60. The zero-order chi connectivity index (χ0) is 15.1. The van der Waals surface area contributed by atoms with Gasteiger partial charge in [-0.15, -0.1) is 10.2 Å². The molecule has 0 atom stereocenters. The number of carbonyl (C=O) groups is 1. The summed E-state index contributed by atoms with van der Waals surface area (Å²) in [5.74, 6) is 0. The molecule has 3 aromatic carbocycles. The van der Waals surface area contributed by atoms with E-state index in [1.165, 1.54) is 0 Å². The van der Waals surface area contributed by atoms with Gasteiger partial charge in [-0.3, -0.25) is 4.79 Å². The average molecular weight is 308 g/mol. The summed E-state index contributed by atoms with van der Waals surface area (Å²) in [6.45, 7) is 0. The first-order valence-corrected chi connectivity index (χ1v) is 7.15. The van der Waals surface area contributed by atoms with E-state index in [2.05, 4.69) is 16.3 Å². The molecule has 0 radical (unpaired) electrons. The Hall–Kier alpha value is -2.72. The number of carbonyl (C=O) groups excluding carboxylic acids is 1. The van der Waals surface area contributed by atoms with Crippen LogP contribution in [0.5, 0.6) is 0 Å². The maximum absolute atomic E-state index is 11.1. The number of aromatic nitrogens is 3. The third kappa shape index (κ3) is 2.05. The average Bonchev–Trinajstić information content (AvgIpc) is 2.99. The van der Waals surface area contributed by atoms with Gasteiger partial charge in [-0.2, -0.15) is 4.80 Å². The number of fused-ring (bicyclic) bond motifs is 3. The molecule has 1 aromatic heterocycles. The van der Waals surface area contributed by atoms with Gasteiger partial charge in [-0.05, 0) is 47.3 Å². The molecule has 22 heavy (non-hydrogen) atoms. The third-order valence-corrected chi connectivity index (χ3v) is 3.82. The lowest BCUT2D eigenvalue weighted by molar-refractivity contribution is 0.108. The Kier molecular flexibility index (Phi) is 2.91. The SMILES string of the molecule is O=C(Cl)c1ccc(-n2nc3ccc4ccccc4c3n2)cc1. The first-order valence-electron chi connectivity index (χ1n) is 6.77. The molecule has 4 rings (SSSR count). The Morgan fingerprint density at radius 2 is 1.68 bits per heavy atom. The zero-order valence-corrected chi connectivity index (χ0v) is 12.2. The summed E-state index contributed by atoms with van der Waals surface area (Å²) in [7, 11) is 0. The molecule has 0 amide bonds. The van der Waals surface area contributed by atoms with Crippen LogP contribution in [0, 0.1) is 0 Å². The molecule has 1 heterocycles. The van der Waals surface area contributed by atoms with Crippen molar-refractivity contribution in [2.45, 2.75) is 0 Å². The summed E-state index contributed by atoms with van der Waals surface area (Å²) >= 11 is 5.45. The fourth-order valence-corrected chi connectivity index (χ4v) is 2.62. The van der Waals surface area contributed by atoms with Crippen LogP contribution in [-0.4, -0.2) is 20.2 Å². The molecule has 0 N–H and O–H groups in total. The molecule has 0 bridgehead atoms. The monoisotopic (exact) mass is 307 g/mol. The highest BCUT2D eigenvalue weighted by molar-refractivity contribution is 6.67. The van der Waals surface area contributed by atoms with Gasteiger partial charge in [0.05, 0.1) is 5.69 Å². The molecule has 0 spiro atoms. The fourth-order valence-electron chi connectivity index (χ4n) is 2.49. The minimum Gasteiger partial charge on any atom is -0.276 e. The van der Waals surface area contributed by atoms with Gasteiger partial charge >= 0.3 is 0 Å². The number of hydrogen-bond donors (Lipinski definition) is 0. The van der Waals surface area contributed by atoms with Crippen LogP contribution in [0.3, 0.4) is 0 Å². The molecule has 0 saturated carbocycles. The molecule has 0 fully saturated rings. The Balaban J connectivity index is 1.88. The number of benzene rings is 3. The number of rotatable bonds is 2. The highest BCUT2D eigenvalue weighted by atomic mass is 35.5. The second-order valence-electron chi connectivity index (χ2n) is 4.96. The molecule has 0 aliphatic carbocycles. The summed E-state index contributed by atoms with van der Waals surface area (Å²) in [4.78, 5) is 12.7. The van der Waals surface area contributed by atoms with E-state index in [1.807, 2.05) is 30.3 Å². The van der Waals surface area contributed by atoms with Gasteiger partial charge in [-0.25, -0.2) is 0 Å². The van der Waals surface area contributed by atoms with E-state index in [0.717, 1.165) is 27.5 Å². The Labute approximate surface area is 130 Å². The van der Waals surface area contributed by atoms with Crippen LogP contribution in [0.4, 0.5) is 0 Å². The van der Waals surface area contributed by atoms with Gasteiger partial charge in [0.15, 0.2) is 0 Å². The van der Waals surface area contributed by atoms with E-state index in [0.29, 0.717) is 5.56 Å². The molecule has 0 unspecified atom stereocenters. The van der Waals surface area contributed by atoms with Crippen molar-refractivity contribution < 1.29 is 4.79 Å². The highest BCUT2D eigenvalue weighted by Gasteiger charge is 2.09. The van der Waals surface area contributed by atoms with Crippen molar-refractivity contribution in [3.05, 3.63) is 66.2 Å². The fraction of sp³-hybridized carbons (Fsp3) is 0. The molecule has 0 aliphatic heterocycles. The van der Waals surface area contributed by atoms with Gasteiger partial charge in [0.1, 0.15) is 11.0 Å². The summed E-state index contributed by atoms with van der Waals surface area (Å²) in [5, 5.41) is 10.8. The van der Waals surface area contributed by atoms with Crippen molar-refractivity contribution >= 4 is 38.6 Å². The predicted octanol–water partition coefficient (Wildman–Crippen LogP) is 3.95. The van der Waals surface area contributed by atoms with Crippen LogP contribution in [0.15, 0.2) is 60.7 Å². The quantitative estimate of drug-likeness (QED) is 0.527. The molecule has 5 heteroatoms. The van der Waals surface area contributed by atoms with E-state index < -0.39 is 5.24 Å². The Bertz CT molecular complexity index is 1010. The van der Waals surface area contributed by atoms with Crippen LogP contribution < -0.4 is 0 Å². The van der Waals surface area contributed by atoms with E-state index in [1.54, 1.807) is 29.1 Å². The van der Waals surface area contributed by atoms with Crippen molar-refractivity contribution in [2.24, 2.45) is 0 Å². The van der Waals surface area contributed by atoms with E-state index >= 15 is 0 Å². The Morgan fingerprint density at radius 1 is 0.909 bits per heavy atom. The standard InChI is InChI=1S/C17H10ClN3O/c18-17(22)12-5-8-13(9-6-12)21-19-15-10-7-11-3-1-2-4-14(11)16(15)20-21/h1-10H. The lowest BCUT2D eigenvalue weighted by Crippen LogP contribution is -1.99. The summed E-state index contributed by atoms with van der Waals surface area (Å²) in [6.07, 6.45) is 0. The van der Waals surface area contributed by atoms with Crippen LogP contribution in [0.1, 0.15) is 10.4 Å². The number of hydrogen-bond acceptors (Lipinski definition) is 3. The van der Waals surface area contributed by atoms with Crippen LogP contribution in [0.2, 0.25) is 0 Å². The molecular weight excluding hydrogens is 298 g/mol. The lowest BCUT2D eigenvalue weighted by Gasteiger charge is -1.99. The molecule has 0 saturated heterocycles. The van der Waals surface area contributed by atoms with Crippen molar-refractivity contribution in [2.75, 3.05) is 0 Å². The van der Waals surface area contributed by atoms with Gasteiger partial charge in [0.25, 0.3) is 5.24 Å². The van der Waals surface area contributed by atoms with E-state index in [4.69, 9.17) is 11.6 Å². The van der Waals surface area contributed by atoms with Crippen molar-refractivity contribution in [1.82, 2.24) is 15.0 Å². The Morgan fingerprint density at radius 3 is 2.45 bits per heavy atom. The first-order chi connectivity index (χ1) is 10.7. The summed E-state index contributed by atoms with van der Waals surface area (Å²) in [6, 6.07) is 18.9. The second kappa shape index (κ2) is 4.93. The normalized spacial score (nSPS) is 11.1. The van der Waals surface area contributed by atoms with Crippen molar-refractivity contribution in [3.8, 4) is 5.69 Å². The number of halogens is 1. The topological polar surface area (TPSA) is 47.8 Å². The van der Waals surface area contributed by atoms with Gasteiger partial charge in [0, 0.05) is 10.9 Å². The van der Waals surface area contributed by atoms with Gasteiger partial charge in [0.2, 0.25) is 0 Å². The highest BCUT2D eigenvalue weighted by Crippen LogP contribution is 2.23. The van der Waals surface area contributed by atoms with Crippen molar-refractivity contribution in [3.63, 3.8) is 0 Å². The second-order valence-corrected chi connectivity index (χ2v) is 5.31. The van der Waals surface area contributed by atoms with Crippen LogP contribution in [0.25, 0.3) is 27.5 Å². The smallest absolute Gasteiger partial charge is 0.252 e. The molecule has 4 nitrogen and oxygen atoms in total. The van der Waals surface area contributed by atoms with E-state index in [9.17, 15) is 4.79 Å². The van der Waals surface area contributed by atoms with Crippen LogP contribution in [-0.2, 0) is 0 Å². The van der Waals surface area contributed by atoms with Crippen molar-refractivity contribution in [1.29, 1.82) is 0 Å². The minimum atomic E-state index is -0.476. The minimum absolute atomic E-state index is 0.451. The molecule has 4 aromatic rings. The number of nitrogens with zero attached hydrogens (tertiary/aromatic N) is 3. The molecule has 0 aliphatic rings. The van der Waals surface area contributed by atoms with Gasteiger partial charge < -0.3 is 0 Å². The summed E-state index contributed by atoms with van der Waals surface area (Å²) in [5.41, 5.74) is 2.92. The largest absolute Gasteiger partial charge is 0.276 e. The van der Waals surface area contributed by atoms with Crippen LogP contribution >= 0.6 is 11.6 Å². The lowest BCUT2D eigenvalue weighted by atomic mass is 10.1. The van der Waals surface area contributed by atoms with E-state index in [-0.39, 0.29) is 0 Å². The van der Waals surface area contributed by atoms with Gasteiger partial charge in [-0.1, -0.05) is 30.3 Å². The maximum atomic E-state index is 11.1. The molecular formula is C17H10ClN3O.